The van der Waals surface area contributed by atoms with E-state index in [2.05, 4.69) is 27.7 Å². The smallest absolute Gasteiger partial charge is 0.203 e. The Balaban J connectivity index is 2.80. The Labute approximate surface area is 327 Å². The summed E-state index contributed by atoms with van der Waals surface area (Å²) >= 11 is 0. The second-order valence-electron chi connectivity index (χ2n) is 13.3. The molecule has 0 atom stereocenters. The molecule has 55 heavy (non-hydrogen) atoms. The summed E-state index contributed by atoms with van der Waals surface area (Å²) in [7, 11) is 15.0. The molecule has 302 valence electrons. The number of hydrogen-bond donors (Lipinski definition) is 0. The maximum absolute atomic E-state index is 6.56. The van der Waals surface area contributed by atoms with Crippen molar-refractivity contribution in [1.29, 1.82) is 0 Å². The van der Waals surface area contributed by atoms with Gasteiger partial charge in [0.2, 0.25) is 17.2 Å². The van der Waals surface area contributed by atoms with Crippen LogP contribution in [-0.2, 0) is 0 Å². The molecule has 0 N–H and O–H groups in total. The highest BCUT2D eigenvalue weighted by atomic mass is 28.3. The molecule has 1 aliphatic rings. The van der Waals surface area contributed by atoms with Crippen LogP contribution in [0.1, 0.15) is 44.4 Å². The van der Waals surface area contributed by atoms with Crippen molar-refractivity contribution in [3.63, 3.8) is 0 Å². The maximum atomic E-state index is 6.56. The van der Waals surface area contributed by atoms with E-state index in [0.29, 0.717) is 101 Å². The Hall–Kier alpha value is -5.04. The molecule has 0 aliphatic heterocycles. The van der Waals surface area contributed by atoms with Crippen LogP contribution in [0, 0.1) is 20.8 Å². The molecular formula is C42H58O12Si. The van der Waals surface area contributed by atoms with Crippen LogP contribution < -0.4 is 72.4 Å². The maximum Gasteiger partial charge on any atom is 0.203 e. The van der Waals surface area contributed by atoms with Gasteiger partial charge in [0.1, 0.15) is 17.2 Å². The summed E-state index contributed by atoms with van der Waals surface area (Å²) < 4.78 is 76.0. The Bertz CT molecular complexity index is 1820. The van der Waals surface area contributed by atoms with Crippen molar-refractivity contribution in [2.24, 2.45) is 0 Å². The minimum atomic E-state index is -4.21. The fraction of sp³-hybridized carbons (Fsp3) is 0.476. The average Bonchev–Trinajstić information content (AvgIpc) is 3.38. The number of allylic oxidation sites excluding steroid dienone is 4. The molecule has 0 heterocycles. The lowest BCUT2D eigenvalue weighted by Gasteiger charge is -2.45. The first kappa shape index (κ1) is 42.7. The van der Waals surface area contributed by atoms with Crippen molar-refractivity contribution < 1.29 is 56.8 Å². The summed E-state index contributed by atoms with van der Waals surface area (Å²) in [5.41, 5.74) is 6.11. The Morgan fingerprint density at radius 1 is 0.273 bits per heavy atom. The van der Waals surface area contributed by atoms with Gasteiger partial charge < -0.3 is 56.8 Å². The Morgan fingerprint density at radius 2 is 0.473 bits per heavy atom. The molecule has 0 unspecified atom stereocenters. The summed E-state index contributed by atoms with van der Waals surface area (Å²) in [6.45, 7) is 14.4. The molecule has 1 aliphatic carbocycles. The third kappa shape index (κ3) is 5.93. The fourth-order valence-electron chi connectivity index (χ4n) is 8.87. The van der Waals surface area contributed by atoms with Crippen LogP contribution >= 0.6 is 0 Å². The van der Waals surface area contributed by atoms with E-state index in [-0.39, 0.29) is 0 Å². The van der Waals surface area contributed by atoms with Gasteiger partial charge in [0.15, 0.2) is 42.6 Å². The quantitative estimate of drug-likeness (QED) is 0.121. The number of hydrogen-bond acceptors (Lipinski definition) is 12. The molecule has 0 saturated carbocycles. The molecular weight excluding hydrogens is 725 g/mol. The predicted molar refractivity (Wildman–Crippen MR) is 217 cm³/mol. The Morgan fingerprint density at radius 3 is 0.655 bits per heavy atom. The molecule has 0 amide bonds. The van der Waals surface area contributed by atoms with Crippen molar-refractivity contribution in [1.82, 2.24) is 0 Å². The van der Waals surface area contributed by atoms with Gasteiger partial charge in [-0.3, -0.25) is 0 Å². The summed E-state index contributed by atoms with van der Waals surface area (Å²) in [5, 5.41) is 2.01. The van der Waals surface area contributed by atoms with Gasteiger partial charge in [-0.1, -0.05) is 11.1 Å². The summed E-state index contributed by atoms with van der Waals surface area (Å²) in [5.74, 6) is 5.09. The van der Waals surface area contributed by atoms with Crippen molar-refractivity contribution in [2.45, 2.75) is 54.0 Å². The van der Waals surface area contributed by atoms with Crippen LogP contribution in [0.15, 0.2) is 22.3 Å². The third-order valence-corrected chi connectivity index (χ3v) is 16.8. The number of benzene rings is 3. The predicted octanol–water partition coefficient (Wildman–Crippen LogP) is 6.24. The van der Waals surface area contributed by atoms with Crippen molar-refractivity contribution in [3.8, 4) is 69.0 Å². The average molecular weight is 783 g/mol. The minimum absolute atomic E-state index is 0.371. The zero-order valence-corrected chi connectivity index (χ0v) is 37.0. The normalized spacial score (nSPS) is 13.1. The van der Waals surface area contributed by atoms with E-state index >= 15 is 0 Å². The van der Waals surface area contributed by atoms with Crippen LogP contribution in [0.2, 0.25) is 5.54 Å². The molecule has 4 rings (SSSR count). The van der Waals surface area contributed by atoms with E-state index in [1.54, 1.807) is 85.3 Å². The number of methoxy groups -OCH3 is 12. The van der Waals surface area contributed by atoms with Gasteiger partial charge in [-0.25, -0.2) is 0 Å². The first-order chi connectivity index (χ1) is 26.2. The lowest BCUT2D eigenvalue weighted by Crippen LogP contribution is -2.71. The van der Waals surface area contributed by atoms with Gasteiger partial charge in [0, 0.05) is 37.8 Å². The molecule has 12 nitrogen and oxygen atoms in total. The standard InChI is InChI=1S/C42H58O12Si/c1-20-21(2)23(4)39(22(20)3)55(40-30(46-11)24(5)27(43-8)33(49-14)36(40)52-17,41-31(47-12)25(6)28(44-9)34(50-15)37(41)53-18)42-32(48-13)26(7)29(45-10)35(51-16)38(42)54-19/h39H,1-19H3. The topological polar surface area (TPSA) is 111 Å². The lowest BCUT2D eigenvalue weighted by molar-refractivity contribution is 0.317. The molecule has 3 aromatic carbocycles. The first-order valence-electron chi connectivity index (χ1n) is 17.7. The summed E-state index contributed by atoms with van der Waals surface area (Å²) in [6, 6.07) is 0. The van der Waals surface area contributed by atoms with E-state index in [1.165, 1.54) is 0 Å². The van der Waals surface area contributed by atoms with E-state index in [1.807, 2.05) is 20.8 Å². The van der Waals surface area contributed by atoms with Crippen LogP contribution in [0.5, 0.6) is 69.0 Å². The zero-order valence-electron chi connectivity index (χ0n) is 36.0. The third-order valence-electron chi connectivity index (χ3n) is 11.3. The summed E-state index contributed by atoms with van der Waals surface area (Å²) in [6.07, 6.45) is 0. The monoisotopic (exact) mass is 782 g/mol. The molecule has 0 fully saturated rings. The highest BCUT2D eigenvalue weighted by Gasteiger charge is 2.61. The van der Waals surface area contributed by atoms with Crippen LogP contribution in [0.4, 0.5) is 0 Å². The SMILES string of the molecule is COc1c(C)c(OC)c([Si](c2c(OC)c(C)c(OC)c(OC)c2OC)(c2c(OC)c(C)c(OC)c(OC)c2OC)C2C(C)=C(C)C(C)=C2C)c(OC)c1OC. The largest absolute Gasteiger partial charge is 0.496 e. The molecule has 13 heteroatoms. The second-order valence-corrected chi connectivity index (χ2v) is 16.9. The molecule has 0 aromatic heterocycles. The first-order valence-corrected chi connectivity index (χ1v) is 19.8. The van der Waals surface area contributed by atoms with Crippen LogP contribution in [0.25, 0.3) is 0 Å². The lowest BCUT2D eigenvalue weighted by atomic mass is 10.1. The highest BCUT2D eigenvalue weighted by molar-refractivity contribution is 7.15. The van der Waals surface area contributed by atoms with Gasteiger partial charge >= 0.3 is 0 Å². The highest BCUT2D eigenvalue weighted by Crippen LogP contribution is 2.57. The summed E-state index contributed by atoms with van der Waals surface area (Å²) in [4.78, 5) is 0. The fourth-order valence-corrected chi connectivity index (χ4v) is 15.9. The van der Waals surface area contributed by atoms with Gasteiger partial charge in [0.25, 0.3) is 0 Å². The van der Waals surface area contributed by atoms with E-state index in [0.717, 1.165) is 22.3 Å². The van der Waals surface area contributed by atoms with E-state index < -0.39 is 13.6 Å². The molecule has 0 spiro atoms. The van der Waals surface area contributed by atoms with E-state index in [4.69, 9.17) is 56.8 Å². The zero-order chi connectivity index (χ0) is 41.3. The molecule has 3 aromatic rings. The minimum Gasteiger partial charge on any atom is -0.496 e. The van der Waals surface area contributed by atoms with Crippen molar-refractivity contribution in [2.75, 3.05) is 85.3 Å². The van der Waals surface area contributed by atoms with Gasteiger partial charge in [-0.15, -0.1) is 0 Å². The second kappa shape index (κ2) is 16.8. The van der Waals surface area contributed by atoms with Crippen LogP contribution in [-0.4, -0.2) is 93.4 Å². The van der Waals surface area contributed by atoms with Gasteiger partial charge in [-0.2, -0.15) is 0 Å². The van der Waals surface area contributed by atoms with E-state index in [9.17, 15) is 0 Å². The molecule has 0 radical (unpaired) electrons. The number of ether oxygens (including phenoxy) is 12. The van der Waals surface area contributed by atoms with Crippen molar-refractivity contribution in [3.05, 3.63) is 39.0 Å². The van der Waals surface area contributed by atoms with Crippen molar-refractivity contribution >= 4 is 23.6 Å². The van der Waals surface area contributed by atoms with Crippen LogP contribution in [0.3, 0.4) is 0 Å². The molecule has 0 bridgehead atoms. The van der Waals surface area contributed by atoms with Gasteiger partial charge in [-0.05, 0) is 59.6 Å². The molecule has 0 saturated heterocycles. The van der Waals surface area contributed by atoms with Gasteiger partial charge in [0.05, 0.1) is 85.3 Å². The Kier molecular flexibility index (Phi) is 13.0. The number of rotatable bonds is 16.